The number of hydrogen-bond acceptors (Lipinski definition) is 7. The second-order valence-electron chi connectivity index (χ2n) is 9.28. The zero-order valence-electron chi connectivity index (χ0n) is 18.6. The Bertz CT molecular complexity index is 997. The number of hydrogen-bond donors (Lipinski definition) is 6. The standard InChI is InChI=1S/C25H31ClO7/c1-3-33-17-7-4-14(5-8-17)10-15-11-16(6-9-18(15)26)25-19(28)12-24(13(2)27,23(25)32)21(30)20(29)22(25)31/h4-9,11,13,19-23,27-32H,3,10,12H2,1-2H3/t13?,19?,20-,21-,22-,23?,24-,25+/m0/s1. The van der Waals surface area contributed by atoms with Crippen molar-refractivity contribution < 1.29 is 35.4 Å². The van der Waals surface area contributed by atoms with Crippen LogP contribution in [0.2, 0.25) is 5.02 Å². The highest BCUT2D eigenvalue weighted by Gasteiger charge is 2.75. The van der Waals surface area contributed by atoms with Crippen LogP contribution >= 0.6 is 11.6 Å². The van der Waals surface area contributed by atoms with Crippen molar-refractivity contribution in [3.8, 4) is 5.75 Å². The normalized spacial score (nSPS) is 36.6. The Morgan fingerprint density at radius 1 is 1.03 bits per heavy atom. The van der Waals surface area contributed by atoms with Crippen LogP contribution in [0.5, 0.6) is 5.75 Å². The van der Waals surface area contributed by atoms with Crippen LogP contribution in [0.1, 0.15) is 37.0 Å². The van der Waals surface area contributed by atoms with Crippen molar-refractivity contribution in [2.45, 2.75) is 68.7 Å². The van der Waals surface area contributed by atoms with Crippen molar-refractivity contribution in [2.24, 2.45) is 5.41 Å². The largest absolute Gasteiger partial charge is 0.494 e. The summed E-state index contributed by atoms with van der Waals surface area (Å²) >= 11 is 6.46. The van der Waals surface area contributed by atoms with Crippen LogP contribution in [-0.4, -0.2) is 73.9 Å². The van der Waals surface area contributed by atoms with Gasteiger partial charge >= 0.3 is 0 Å². The minimum absolute atomic E-state index is 0.183. The van der Waals surface area contributed by atoms with Crippen molar-refractivity contribution in [3.63, 3.8) is 0 Å². The number of rotatable bonds is 6. The topological polar surface area (TPSA) is 131 Å². The third-order valence-corrected chi connectivity index (χ3v) is 8.07. The first-order valence-corrected chi connectivity index (χ1v) is 11.6. The van der Waals surface area contributed by atoms with Gasteiger partial charge in [0.2, 0.25) is 0 Å². The van der Waals surface area contributed by atoms with Crippen molar-refractivity contribution in [3.05, 3.63) is 64.2 Å². The monoisotopic (exact) mass is 478 g/mol. The summed E-state index contributed by atoms with van der Waals surface area (Å²) in [5, 5.41) is 65.9. The number of halogens is 1. The molecule has 0 spiro atoms. The molecule has 0 heterocycles. The van der Waals surface area contributed by atoms with Crippen LogP contribution in [0.25, 0.3) is 0 Å². The van der Waals surface area contributed by atoms with E-state index in [2.05, 4.69) is 0 Å². The molecule has 8 atom stereocenters. The summed E-state index contributed by atoms with van der Waals surface area (Å²) in [4.78, 5) is 0. The van der Waals surface area contributed by atoms with Gasteiger partial charge in [0.25, 0.3) is 0 Å². The predicted molar refractivity (Wildman–Crippen MR) is 122 cm³/mol. The second kappa shape index (κ2) is 8.82. The fourth-order valence-corrected chi connectivity index (χ4v) is 6.08. The van der Waals surface area contributed by atoms with Gasteiger partial charge in [-0.25, -0.2) is 0 Å². The van der Waals surface area contributed by atoms with E-state index in [1.807, 2.05) is 31.2 Å². The van der Waals surface area contributed by atoms with Gasteiger partial charge in [-0.3, -0.25) is 0 Å². The molecule has 2 aliphatic rings. The summed E-state index contributed by atoms with van der Waals surface area (Å²) < 4.78 is 5.47. The summed E-state index contributed by atoms with van der Waals surface area (Å²) in [5.74, 6) is 0.754. The van der Waals surface area contributed by atoms with E-state index in [9.17, 15) is 30.6 Å². The van der Waals surface area contributed by atoms with Gasteiger partial charge in [0, 0.05) is 5.02 Å². The fourth-order valence-electron chi connectivity index (χ4n) is 5.89. The minimum Gasteiger partial charge on any atom is -0.494 e. The molecule has 7 nitrogen and oxygen atoms in total. The number of benzene rings is 2. The Kier molecular flexibility index (Phi) is 6.52. The molecule has 2 bridgehead atoms. The molecule has 6 N–H and O–H groups in total. The van der Waals surface area contributed by atoms with Crippen LogP contribution in [0.3, 0.4) is 0 Å². The highest BCUT2D eigenvalue weighted by atomic mass is 35.5. The summed E-state index contributed by atoms with van der Waals surface area (Å²) in [6.07, 6.45) is -8.73. The SMILES string of the molecule is CCOc1ccc(Cc2cc([C@]34C(O)C[C@@](C(C)O)(C3O)[C@@H](O)[C@H](O)[C@@H]4O)ccc2Cl)cc1. The highest BCUT2D eigenvalue weighted by Crippen LogP contribution is 2.61. The average Bonchev–Trinajstić information content (AvgIpc) is 3.00. The van der Waals surface area contributed by atoms with Gasteiger partial charge in [0.15, 0.2) is 0 Å². The molecule has 0 saturated heterocycles. The van der Waals surface area contributed by atoms with E-state index in [1.165, 1.54) is 6.92 Å². The molecule has 0 amide bonds. The van der Waals surface area contributed by atoms with Gasteiger partial charge in [-0.1, -0.05) is 35.9 Å². The van der Waals surface area contributed by atoms with Gasteiger partial charge in [-0.2, -0.15) is 0 Å². The van der Waals surface area contributed by atoms with Crippen LogP contribution in [0, 0.1) is 5.41 Å². The third-order valence-electron chi connectivity index (χ3n) is 7.70. The lowest BCUT2D eigenvalue weighted by Gasteiger charge is -2.53. The van der Waals surface area contributed by atoms with E-state index >= 15 is 0 Å². The zero-order valence-corrected chi connectivity index (χ0v) is 19.4. The summed E-state index contributed by atoms with van der Waals surface area (Å²) in [6, 6.07) is 12.5. The lowest BCUT2D eigenvalue weighted by molar-refractivity contribution is -0.232. The van der Waals surface area contributed by atoms with Crippen LogP contribution in [0.15, 0.2) is 42.5 Å². The van der Waals surface area contributed by atoms with E-state index in [1.54, 1.807) is 18.2 Å². The number of fused-ring (bicyclic) bond motifs is 2. The Morgan fingerprint density at radius 3 is 2.30 bits per heavy atom. The number of aliphatic hydroxyl groups excluding tert-OH is 6. The first kappa shape index (κ1) is 24.4. The first-order valence-electron chi connectivity index (χ1n) is 11.2. The average molecular weight is 479 g/mol. The molecule has 8 heteroatoms. The fraction of sp³-hybridized carbons (Fsp3) is 0.520. The second-order valence-corrected chi connectivity index (χ2v) is 9.69. The maximum Gasteiger partial charge on any atom is 0.119 e. The molecular formula is C25H31ClO7. The summed E-state index contributed by atoms with van der Waals surface area (Å²) in [5.41, 5.74) is -1.25. The molecule has 4 rings (SSSR count). The molecule has 2 saturated carbocycles. The van der Waals surface area contributed by atoms with Crippen LogP contribution < -0.4 is 4.74 Å². The Morgan fingerprint density at radius 2 is 1.70 bits per heavy atom. The van der Waals surface area contributed by atoms with Gasteiger partial charge in [-0.15, -0.1) is 0 Å². The molecule has 2 fully saturated rings. The summed E-state index contributed by atoms with van der Waals surface area (Å²) in [6.45, 7) is 3.88. The van der Waals surface area contributed by atoms with Gasteiger partial charge < -0.3 is 35.4 Å². The van der Waals surface area contributed by atoms with E-state index in [-0.39, 0.29) is 6.42 Å². The minimum atomic E-state index is -1.70. The molecule has 0 aromatic heterocycles. The van der Waals surface area contributed by atoms with Crippen molar-refractivity contribution in [2.75, 3.05) is 6.61 Å². The quantitative estimate of drug-likeness (QED) is 0.367. The van der Waals surface area contributed by atoms with Crippen LogP contribution in [-0.2, 0) is 11.8 Å². The first-order chi connectivity index (χ1) is 15.6. The van der Waals surface area contributed by atoms with Gasteiger partial charge in [-0.05, 0) is 61.6 Å². The molecule has 0 radical (unpaired) electrons. The van der Waals surface area contributed by atoms with E-state index < -0.39 is 47.5 Å². The third kappa shape index (κ3) is 3.49. The van der Waals surface area contributed by atoms with E-state index in [0.29, 0.717) is 29.2 Å². The molecule has 2 aliphatic carbocycles. The van der Waals surface area contributed by atoms with Crippen molar-refractivity contribution in [1.29, 1.82) is 0 Å². The maximum absolute atomic E-state index is 11.4. The molecule has 3 unspecified atom stereocenters. The molecule has 33 heavy (non-hydrogen) atoms. The van der Waals surface area contributed by atoms with Crippen LogP contribution in [0.4, 0.5) is 0 Å². The number of ether oxygens (including phenoxy) is 1. The predicted octanol–water partition coefficient (Wildman–Crippen LogP) is 1.16. The van der Waals surface area contributed by atoms with E-state index in [0.717, 1.165) is 11.3 Å². The Balaban J connectivity index is 1.76. The highest BCUT2D eigenvalue weighted by molar-refractivity contribution is 6.31. The Hall–Kier alpha value is -1.71. The number of aliphatic hydroxyl groups is 6. The molecule has 180 valence electrons. The molecular weight excluding hydrogens is 448 g/mol. The molecule has 0 aliphatic heterocycles. The van der Waals surface area contributed by atoms with Gasteiger partial charge in [0.1, 0.15) is 11.9 Å². The van der Waals surface area contributed by atoms with Gasteiger partial charge in [0.05, 0.1) is 48.0 Å². The molecule has 2 aromatic rings. The van der Waals surface area contributed by atoms with E-state index in [4.69, 9.17) is 16.3 Å². The lowest BCUT2D eigenvalue weighted by atomic mass is 9.58. The van der Waals surface area contributed by atoms with Crippen molar-refractivity contribution >= 4 is 11.6 Å². The maximum atomic E-state index is 11.4. The smallest absolute Gasteiger partial charge is 0.119 e. The summed E-state index contributed by atoms with van der Waals surface area (Å²) in [7, 11) is 0. The Labute approximate surface area is 197 Å². The zero-order chi connectivity index (χ0) is 24.1. The van der Waals surface area contributed by atoms with Crippen molar-refractivity contribution in [1.82, 2.24) is 0 Å². The lowest BCUT2D eigenvalue weighted by Crippen LogP contribution is -2.70. The molecule has 2 aromatic carbocycles.